The fourth-order valence-corrected chi connectivity index (χ4v) is 3.70. The number of likely N-dealkylation sites (tertiary alicyclic amines) is 1. The Bertz CT molecular complexity index is 367. The lowest BCUT2D eigenvalue weighted by Gasteiger charge is -2.36. The number of amides is 2. The summed E-state index contributed by atoms with van der Waals surface area (Å²) in [6.07, 6.45) is 8.03. The second-order valence-electron chi connectivity index (χ2n) is 6.70. The summed E-state index contributed by atoms with van der Waals surface area (Å²) >= 11 is 0. The molecule has 1 atom stereocenters. The molecule has 0 aromatic carbocycles. The Hall–Kier alpha value is -1.26. The van der Waals surface area contributed by atoms with Crippen LogP contribution in [0.15, 0.2) is 0 Å². The molecule has 1 saturated heterocycles. The normalized spacial score (nSPS) is 23.3. The Labute approximate surface area is 127 Å². The molecule has 1 aliphatic heterocycles. The summed E-state index contributed by atoms with van der Waals surface area (Å²) in [5.74, 6) is 0.280. The average molecular weight is 296 g/mol. The Balaban J connectivity index is 1.78. The summed E-state index contributed by atoms with van der Waals surface area (Å²) in [4.78, 5) is 27.0. The number of hydrogen-bond acceptors (Lipinski definition) is 2. The third-order valence-corrected chi connectivity index (χ3v) is 4.89. The molecular weight excluding hydrogens is 268 g/mol. The van der Waals surface area contributed by atoms with Crippen LogP contribution >= 0.6 is 0 Å². The van der Waals surface area contributed by atoms with Crippen molar-refractivity contribution < 1.29 is 14.7 Å². The van der Waals surface area contributed by atoms with E-state index in [-0.39, 0.29) is 12.5 Å². The molecule has 1 heterocycles. The highest BCUT2D eigenvalue weighted by Crippen LogP contribution is 2.26. The molecule has 2 amide bonds. The molecule has 1 unspecified atom stereocenters. The van der Waals surface area contributed by atoms with Gasteiger partial charge in [0.25, 0.3) is 0 Å². The molecule has 0 radical (unpaired) electrons. The van der Waals surface area contributed by atoms with Crippen molar-refractivity contribution in [2.75, 3.05) is 26.7 Å². The minimum atomic E-state index is -0.739. The van der Waals surface area contributed by atoms with E-state index < -0.39 is 5.97 Å². The van der Waals surface area contributed by atoms with Gasteiger partial charge in [0, 0.05) is 33.1 Å². The van der Waals surface area contributed by atoms with E-state index in [0.717, 1.165) is 32.5 Å². The molecule has 120 valence electrons. The molecule has 5 heteroatoms. The first kappa shape index (κ1) is 16.1. The highest BCUT2D eigenvalue weighted by Gasteiger charge is 2.27. The Kier molecular flexibility index (Phi) is 5.88. The van der Waals surface area contributed by atoms with Crippen molar-refractivity contribution in [3.8, 4) is 0 Å². The zero-order valence-electron chi connectivity index (χ0n) is 13.1. The molecule has 2 fully saturated rings. The van der Waals surface area contributed by atoms with Crippen molar-refractivity contribution in [3.05, 3.63) is 0 Å². The SMILES string of the molecule is CN(CC1CCCC1)C(=O)N1CCCC(CCC(=O)O)C1. The Morgan fingerprint density at radius 3 is 2.48 bits per heavy atom. The number of piperidine rings is 1. The van der Waals surface area contributed by atoms with Gasteiger partial charge >= 0.3 is 12.0 Å². The van der Waals surface area contributed by atoms with Crippen molar-refractivity contribution >= 4 is 12.0 Å². The second kappa shape index (κ2) is 7.66. The third kappa shape index (κ3) is 4.90. The molecule has 1 saturated carbocycles. The smallest absolute Gasteiger partial charge is 0.319 e. The van der Waals surface area contributed by atoms with Crippen LogP contribution in [0.4, 0.5) is 4.79 Å². The summed E-state index contributed by atoms with van der Waals surface area (Å²) in [6, 6.07) is 0.127. The molecule has 2 rings (SSSR count). The van der Waals surface area contributed by atoms with Crippen LogP contribution in [0.2, 0.25) is 0 Å². The number of carboxylic acids is 1. The van der Waals surface area contributed by atoms with Crippen LogP contribution in [0.5, 0.6) is 0 Å². The third-order valence-electron chi connectivity index (χ3n) is 4.89. The standard InChI is InChI=1S/C16H28N2O3/c1-17(11-13-5-2-3-6-13)16(21)18-10-4-7-14(12-18)8-9-15(19)20/h13-14H,2-12H2,1H3,(H,19,20). The molecule has 1 N–H and O–H groups in total. The van der Waals surface area contributed by atoms with Crippen LogP contribution in [-0.2, 0) is 4.79 Å². The van der Waals surface area contributed by atoms with Crippen LogP contribution in [0.25, 0.3) is 0 Å². The lowest BCUT2D eigenvalue weighted by molar-refractivity contribution is -0.137. The van der Waals surface area contributed by atoms with E-state index >= 15 is 0 Å². The number of carbonyl (C=O) groups excluding carboxylic acids is 1. The predicted octanol–water partition coefficient (Wildman–Crippen LogP) is 2.81. The van der Waals surface area contributed by atoms with Gasteiger partial charge in [-0.25, -0.2) is 4.79 Å². The van der Waals surface area contributed by atoms with Gasteiger partial charge < -0.3 is 14.9 Å². The van der Waals surface area contributed by atoms with Gasteiger partial charge in [-0.1, -0.05) is 12.8 Å². The average Bonchev–Trinajstić information content (AvgIpc) is 2.97. The van der Waals surface area contributed by atoms with Gasteiger partial charge in [-0.05, 0) is 43.9 Å². The van der Waals surface area contributed by atoms with Gasteiger partial charge in [-0.3, -0.25) is 4.79 Å². The first-order valence-electron chi connectivity index (χ1n) is 8.28. The van der Waals surface area contributed by atoms with E-state index in [0.29, 0.717) is 18.3 Å². The molecule has 2 aliphatic rings. The number of urea groups is 1. The van der Waals surface area contributed by atoms with E-state index in [1.54, 1.807) is 0 Å². The number of carbonyl (C=O) groups is 2. The fraction of sp³-hybridized carbons (Fsp3) is 0.875. The Morgan fingerprint density at radius 1 is 1.14 bits per heavy atom. The maximum atomic E-state index is 12.5. The molecule has 1 aliphatic carbocycles. The van der Waals surface area contributed by atoms with Crippen LogP contribution in [-0.4, -0.2) is 53.6 Å². The molecular formula is C16H28N2O3. The summed E-state index contributed by atoms with van der Waals surface area (Å²) in [5, 5.41) is 8.78. The van der Waals surface area contributed by atoms with E-state index in [9.17, 15) is 9.59 Å². The summed E-state index contributed by atoms with van der Waals surface area (Å²) in [5.41, 5.74) is 0. The van der Waals surface area contributed by atoms with E-state index in [1.165, 1.54) is 25.7 Å². The van der Waals surface area contributed by atoms with Gasteiger partial charge in [0.15, 0.2) is 0 Å². The maximum absolute atomic E-state index is 12.5. The van der Waals surface area contributed by atoms with Crippen LogP contribution in [0.3, 0.4) is 0 Å². The highest BCUT2D eigenvalue weighted by molar-refractivity contribution is 5.74. The zero-order valence-corrected chi connectivity index (χ0v) is 13.1. The number of aliphatic carboxylic acids is 1. The maximum Gasteiger partial charge on any atom is 0.319 e. The molecule has 21 heavy (non-hydrogen) atoms. The first-order chi connectivity index (χ1) is 10.1. The van der Waals surface area contributed by atoms with Crippen LogP contribution < -0.4 is 0 Å². The zero-order chi connectivity index (χ0) is 15.2. The minimum absolute atomic E-state index is 0.127. The van der Waals surface area contributed by atoms with Crippen molar-refractivity contribution in [1.82, 2.24) is 9.80 Å². The van der Waals surface area contributed by atoms with E-state index in [1.807, 2.05) is 16.8 Å². The molecule has 0 spiro atoms. The fourth-order valence-electron chi connectivity index (χ4n) is 3.70. The first-order valence-corrected chi connectivity index (χ1v) is 8.28. The lowest BCUT2D eigenvalue weighted by Crippen LogP contribution is -2.47. The van der Waals surface area contributed by atoms with Gasteiger partial charge in [-0.2, -0.15) is 0 Å². The summed E-state index contributed by atoms with van der Waals surface area (Å²) < 4.78 is 0. The van der Waals surface area contributed by atoms with Crippen molar-refractivity contribution in [2.45, 2.75) is 51.4 Å². The van der Waals surface area contributed by atoms with E-state index in [4.69, 9.17) is 5.11 Å². The molecule has 0 aromatic rings. The topological polar surface area (TPSA) is 60.9 Å². The minimum Gasteiger partial charge on any atom is -0.481 e. The van der Waals surface area contributed by atoms with Gasteiger partial charge in [0.2, 0.25) is 0 Å². The second-order valence-corrected chi connectivity index (χ2v) is 6.70. The highest BCUT2D eigenvalue weighted by atomic mass is 16.4. The summed E-state index contributed by atoms with van der Waals surface area (Å²) in [7, 11) is 1.90. The largest absolute Gasteiger partial charge is 0.481 e. The number of hydrogen-bond donors (Lipinski definition) is 1. The lowest BCUT2D eigenvalue weighted by atomic mass is 9.93. The summed E-state index contributed by atoms with van der Waals surface area (Å²) in [6.45, 7) is 2.41. The van der Waals surface area contributed by atoms with Crippen molar-refractivity contribution in [1.29, 1.82) is 0 Å². The quantitative estimate of drug-likeness (QED) is 0.848. The van der Waals surface area contributed by atoms with Crippen molar-refractivity contribution in [2.24, 2.45) is 11.8 Å². The number of carboxylic acid groups (broad SMARTS) is 1. The van der Waals surface area contributed by atoms with Crippen LogP contribution in [0, 0.1) is 11.8 Å². The van der Waals surface area contributed by atoms with Crippen molar-refractivity contribution in [3.63, 3.8) is 0 Å². The predicted molar refractivity (Wildman–Crippen MR) is 81.2 cm³/mol. The van der Waals surface area contributed by atoms with E-state index in [2.05, 4.69) is 0 Å². The molecule has 5 nitrogen and oxygen atoms in total. The Morgan fingerprint density at radius 2 is 1.81 bits per heavy atom. The molecule has 0 bridgehead atoms. The van der Waals surface area contributed by atoms with Gasteiger partial charge in [0.05, 0.1) is 0 Å². The molecule has 0 aromatic heterocycles. The monoisotopic (exact) mass is 296 g/mol. The van der Waals surface area contributed by atoms with Gasteiger partial charge in [0.1, 0.15) is 0 Å². The number of rotatable bonds is 5. The van der Waals surface area contributed by atoms with Gasteiger partial charge in [-0.15, -0.1) is 0 Å². The van der Waals surface area contributed by atoms with Crippen LogP contribution in [0.1, 0.15) is 51.4 Å². The number of nitrogens with zero attached hydrogens (tertiary/aromatic N) is 2.